The van der Waals surface area contributed by atoms with Crippen molar-refractivity contribution in [3.63, 3.8) is 0 Å². The molecule has 0 fully saturated rings. The van der Waals surface area contributed by atoms with E-state index in [9.17, 15) is 22.8 Å². The van der Waals surface area contributed by atoms with E-state index in [1.807, 2.05) is 198 Å². The molecule has 18 aromatic rings. The number of ether oxygens (including phenoxy) is 6. The van der Waals surface area contributed by atoms with Gasteiger partial charge < -0.3 is 39.9 Å². The van der Waals surface area contributed by atoms with Crippen LogP contribution in [0.25, 0.3) is 132 Å². The number of sulfone groups is 1. The van der Waals surface area contributed by atoms with Gasteiger partial charge in [-0.05, 0) is 180 Å². The number of nitrogens with one attached hydrogen (secondary N) is 1. The number of H-pyrrole nitrogens is 1. The number of carbonyl (C=O) groups is 3. The highest BCUT2D eigenvalue weighted by molar-refractivity contribution is 7.91. The molecule has 6 aromatic carbocycles. The Kier molecular flexibility index (Phi) is 29.5. The van der Waals surface area contributed by atoms with Crippen LogP contribution in [0.2, 0.25) is 0 Å². The topological polar surface area (TPSA) is 388 Å². The molecule has 6 unspecified atom stereocenters. The van der Waals surface area contributed by atoms with Crippen molar-refractivity contribution in [1.29, 1.82) is 0 Å². The molecule has 144 heavy (non-hydrogen) atoms. The number of hydrogen-bond donors (Lipinski definition) is 3. The van der Waals surface area contributed by atoms with Crippen molar-refractivity contribution in [2.45, 2.75) is 155 Å². The number of carbonyl (C=O) groups excluding carboxylic acids is 3. The molecule has 6 aliphatic heterocycles. The molecule has 0 aliphatic carbocycles. The number of aromatic nitrogens is 18. The van der Waals surface area contributed by atoms with Crippen LogP contribution in [-0.2, 0) is 128 Å². The predicted molar refractivity (Wildman–Crippen MR) is 555 cm³/mol. The fourth-order valence-corrected chi connectivity index (χ4v) is 21.5. The highest BCUT2D eigenvalue weighted by Gasteiger charge is 2.33. The molecule has 6 aliphatic rings. The highest BCUT2D eigenvalue weighted by Crippen LogP contribution is 2.44. The number of aromatic amines is 1. The second-order valence-electron chi connectivity index (χ2n) is 37.9. The van der Waals surface area contributed by atoms with E-state index in [0.29, 0.717) is 118 Å². The van der Waals surface area contributed by atoms with Crippen molar-refractivity contribution < 1.29 is 51.2 Å². The van der Waals surface area contributed by atoms with Crippen molar-refractivity contribution >= 4 is 92.6 Å². The van der Waals surface area contributed by atoms with E-state index < -0.39 is 9.84 Å². The molecule has 31 nitrogen and oxygen atoms in total. The number of hydrogen-bond acceptors (Lipinski definition) is 25. The summed E-state index contributed by atoms with van der Waals surface area (Å²) in [5.41, 5.74) is 47.4. The number of benzene rings is 6. The Morgan fingerprint density at radius 2 is 0.653 bits per heavy atom. The summed E-state index contributed by atoms with van der Waals surface area (Å²) >= 11 is 0. The maximum atomic E-state index is 12.1. The number of nitrogens with two attached hydrogens (primary N) is 2. The molecule has 0 saturated carbocycles. The van der Waals surface area contributed by atoms with Crippen LogP contribution in [0.4, 0.5) is 0 Å². The van der Waals surface area contributed by atoms with E-state index in [1.54, 1.807) is 13.1 Å². The van der Waals surface area contributed by atoms with Gasteiger partial charge in [-0.2, -0.15) is 30.6 Å². The van der Waals surface area contributed by atoms with Crippen molar-refractivity contribution in [3.8, 4) is 66.8 Å². The van der Waals surface area contributed by atoms with Gasteiger partial charge in [-0.15, -0.1) is 0 Å². The average molecular weight is 1950 g/mol. The summed E-state index contributed by atoms with van der Waals surface area (Å²) in [4.78, 5) is 62.3. The molecule has 0 amide bonds. The maximum absolute atomic E-state index is 12.1. The molecule has 6 atom stereocenters. The number of nitrogens with zero attached hydrogens (tertiary/aromatic N) is 17. The molecule has 5 N–H and O–H groups in total. The van der Waals surface area contributed by atoms with Crippen LogP contribution in [0, 0.1) is 13.8 Å². The van der Waals surface area contributed by atoms with Gasteiger partial charge in [0.2, 0.25) is 0 Å². The standard InChI is InChI=1S/3C20H21N3O2.C19H21N3O3S.C17H18N4O.C16H16N4O/c1-3-16(24)6-15-11-25-12-19-17(9-21-10-18(15)19)13-4-5-14-8-22-23(2)20(14)7-13;2*1-3-16(24)7-15-11-25-12-19-17(9-21-10-18(15)19)13-4-5-20-14(6-13)8-22-23(20)2;1-3-26(23,24)11-14-9-25-10-18-16(7-20-8-17(14)18)13-4-5-19-15(6-13)12(2)21-22-19;1-10-3-11-5-20-21(2)17(11)4-12(10)13-6-19-7-14-15(13)8-22-9-16(14)18;1-20-16-4-10(2-3-11(16)5-19-20)12-6-18-7-13-14(12)8-21-9-15(13)17/h4-5,7-10,15H,3,6,11-12H2,1-2H3;2*4-6,8-10,15H,3,7,11-12H2,1-2H3;4-8,14H,3,9-11H2,1-2H3,(H,21,22);3-7,16H,8-9,18H2,1-2H3;2-7,15H,8-9,17H2,1H3. The van der Waals surface area contributed by atoms with Crippen molar-refractivity contribution in [2.75, 3.05) is 51.1 Å². The van der Waals surface area contributed by atoms with Gasteiger partial charge in [0.1, 0.15) is 17.3 Å². The minimum Gasteiger partial charge on any atom is -0.376 e. The molecule has 0 saturated heterocycles. The molecule has 24 rings (SSSR count). The van der Waals surface area contributed by atoms with E-state index >= 15 is 0 Å². The summed E-state index contributed by atoms with van der Waals surface area (Å²) < 4.78 is 68.0. The van der Waals surface area contributed by atoms with E-state index in [4.69, 9.17) is 39.9 Å². The van der Waals surface area contributed by atoms with E-state index in [2.05, 4.69) is 164 Å². The van der Waals surface area contributed by atoms with Gasteiger partial charge in [0.15, 0.2) is 9.84 Å². The Hall–Kier alpha value is -14.3. The molecule has 32 heteroatoms. The number of pyridine rings is 6. The Labute approximate surface area is 834 Å². The molecular weight excluding hydrogens is 1830 g/mol. The highest BCUT2D eigenvalue weighted by atomic mass is 32.2. The third-order valence-corrected chi connectivity index (χ3v) is 30.4. The Morgan fingerprint density at radius 3 is 1.06 bits per heavy atom. The lowest BCUT2D eigenvalue weighted by Gasteiger charge is -2.27. The molecule has 0 bridgehead atoms. The summed E-state index contributed by atoms with van der Waals surface area (Å²) in [6.07, 6.45) is 35.2. The fourth-order valence-electron chi connectivity index (χ4n) is 20.4. The molecule has 0 spiro atoms. The van der Waals surface area contributed by atoms with Crippen LogP contribution >= 0.6 is 0 Å². The lowest BCUT2D eigenvalue weighted by atomic mass is 9.86. The van der Waals surface area contributed by atoms with E-state index in [1.165, 1.54) is 5.56 Å². The third-order valence-electron chi connectivity index (χ3n) is 28.6. The summed E-state index contributed by atoms with van der Waals surface area (Å²) in [5, 5.41) is 35.5. The van der Waals surface area contributed by atoms with Gasteiger partial charge in [-0.3, -0.25) is 72.8 Å². The fraction of sp³-hybridized carbons (Fsp3) is 0.330. The van der Waals surface area contributed by atoms with Crippen molar-refractivity contribution in [3.05, 3.63) is 286 Å². The van der Waals surface area contributed by atoms with Crippen molar-refractivity contribution in [2.24, 2.45) is 46.7 Å². The number of fused-ring (bicyclic) bond motifs is 12. The molecular formula is C112H118N20O11S. The van der Waals surface area contributed by atoms with Crippen LogP contribution in [0.1, 0.15) is 180 Å². The number of Topliss-reactive ketones (excluding diaryl/α,β-unsaturated/α-hetero) is 3. The molecule has 738 valence electrons. The van der Waals surface area contributed by atoms with Crippen LogP contribution in [0.5, 0.6) is 0 Å². The summed E-state index contributed by atoms with van der Waals surface area (Å²) in [6.45, 7) is 18.1. The Balaban J connectivity index is 0.000000109. The lowest BCUT2D eigenvalue weighted by Crippen LogP contribution is -2.25. The predicted octanol–water partition coefficient (Wildman–Crippen LogP) is 18.5. The van der Waals surface area contributed by atoms with Gasteiger partial charge in [-0.1, -0.05) is 70.2 Å². The van der Waals surface area contributed by atoms with Gasteiger partial charge in [0, 0.05) is 249 Å². The zero-order valence-electron chi connectivity index (χ0n) is 82.9. The first kappa shape index (κ1) is 98.5. The minimum absolute atomic E-state index is 0.0957. The zero-order chi connectivity index (χ0) is 100. The lowest BCUT2D eigenvalue weighted by molar-refractivity contribution is -0.120. The van der Waals surface area contributed by atoms with Crippen molar-refractivity contribution in [1.82, 2.24) is 89.0 Å². The van der Waals surface area contributed by atoms with Gasteiger partial charge in [0.05, 0.1) is 161 Å². The molecule has 12 aromatic heterocycles. The first-order valence-corrected chi connectivity index (χ1v) is 50.8. The Morgan fingerprint density at radius 1 is 0.340 bits per heavy atom. The van der Waals surface area contributed by atoms with E-state index in [-0.39, 0.29) is 64.6 Å². The summed E-state index contributed by atoms with van der Waals surface area (Å²) in [7, 11) is 6.65. The SMILES string of the molecule is CCC(=O)CC1COCc2c(-c3ccc4c(cnn4C)c3)cncc21.CCC(=O)CC1COCc2c(-c3ccc4c(cnn4C)c3)cncc21.CCC(=O)CC1COCc2c(-c3ccc4cnn(C)c4c3)cncc21.CCS(=O)(=O)CC1COCc2c(-c3ccc4n[nH]c(C)c4c3)cncc21.Cc1cc2cnn(C)c2cc1-c1cncc2c1COCC2N.Cn1ncc2ccc(-c3cncc4c3COCC4N)cc21. The summed E-state index contributed by atoms with van der Waals surface area (Å²) in [6, 6.07) is 35.5. The average Bonchev–Trinajstić information content (AvgIpc) is 1.54. The quantitative estimate of drug-likeness (QED) is 0.0718. The largest absolute Gasteiger partial charge is 0.376 e. The smallest absolute Gasteiger partial charge is 0.150 e. The first-order valence-electron chi connectivity index (χ1n) is 49.0. The van der Waals surface area contributed by atoms with E-state index in [0.717, 1.165) is 205 Å². The molecule has 0 radical (unpaired) electrons. The first-order chi connectivity index (χ1) is 69.9. The number of ketones is 3. The molecule has 18 heterocycles. The van der Waals surface area contributed by atoms with Crippen LogP contribution < -0.4 is 11.5 Å². The van der Waals surface area contributed by atoms with Gasteiger partial charge in [-0.25, -0.2) is 8.42 Å². The Bertz CT molecular complexity index is 7840. The summed E-state index contributed by atoms with van der Waals surface area (Å²) in [5.74, 6) is 1.18. The normalized spacial score (nSPS) is 17.2. The van der Waals surface area contributed by atoms with Crippen LogP contribution in [0.15, 0.2) is 208 Å². The van der Waals surface area contributed by atoms with Gasteiger partial charge in [0.25, 0.3) is 0 Å². The third kappa shape index (κ3) is 20.7. The van der Waals surface area contributed by atoms with Gasteiger partial charge >= 0.3 is 0 Å². The number of aryl methyl sites for hydroxylation is 7. The van der Waals surface area contributed by atoms with Crippen LogP contribution in [0.3, 0.4) is 0 Å². The maximum Gasteiger partial charge on any atom is 0.150 e. The minimum atomic E-state index is -3.09. The second kappa shape index (κ2) is 43.1. The second-order valence-corrected chi connectivity index (χ2v) is 40.2. The zero-order valence-corrected chi connectivity index (χ0v) is 83.7. The monoisotopic (exact) mass is 1950 g/mol. The number of rotatable bonds is 18. The van der Waals surface area contributed by atoms with Crippen LogP contribution in [-0.4, -0.2) is 166 Å².